The Labute approximate surface area is 206 Å². The summed E-state index contributed by atoms with van der Waals surface area (Å²) in [4.78, 5) is 41.6. The third kappa shape index (κ3) is 6.39. The van der Waals surface area contributed by atoms with Crippen molar-refractivity contribution in [2.45, 2.75) is 56.7 Å². The molecule has 9 nitrogen and oxygen atoms in total. The van der Waals surface area contributed by atoms with Crippen LogP contribution in [0.1, 0.15) is 38.5 Å². The number of carbonyl (C=O) groups excluding carboxylic acids is 2. The minimum absolute atomic E-state index is 0.0173. The molecule has 2 aliphatic rings. The van der Waals surface area contributed by atoms with E-state index in [0.717, 1.165) is 12.8 Å². The van der Waals surface area contributed by atoms with Crippen molar-refractivity contribution in [3.8, 4) is 11.6 Å². The molecule has 186 valence electrons. The fourth-order valence-electron chi connectivity index (χ4n) is 4.61. The molecular weight excluding hydrogens is 481 g/mol. The van der Waals surface area contributed by atoms with Gasteiger partial charge in [-0.3, -0.25) is 14.4 Å². The van der Waals surface area contributed by atoms with Crippen molar-refractivity contribution >= 4 is 35.1 Å². The summed E-state index contributed by atoms with van der Waals surface area (Å²) >= 11 is 5.97. The minimum atomic E-state index is -1.09. The Morgan fingerprint density at radius 3 is 2.49 bits per heavy atom. The Morgan fingerprint density at radius 1 is 1.14 bits per heavy atom. The van der Waals surface area contributed by atoms with Crippen LogP contribution in [0.25, 0.3) is 0 Å². The van der Waals surface area contributed by atoms with Gasteiger partial charge in [-0.05, 0) is 43.2 Å². The predicted molar refractivity (Wildman–Crippen MR) is 124 cm³/mol. The number of hydrogen-bond acceptors (Lipinski definition) is 6. The molecule has 0 aliphatic carbocycles. The van der Waals surface area contributed by atoms with Gasteiger partial charge in [0.15, 0.2) is 6.61 Å². The summed E-state index contributed by atoms with van der Waals surface area (Å²) in [7, 11) is 0. The summed E-state index contributed by atoms with van der Waals surface area (Å²) in [5, 5.41) is 11.5. The third-order valence-corrected chi connectivity index (χ3v) is 6.29. The van der Waals surface area contributed by atoms with E-state index < -0.39 is 11.9 Å². The number of nitrogens with one attached hydrogen (secondary N) is 1. The summed E-state index contributed by atoms with van der Waals surface area (Å²) in [5.41, 5.74) is 0.162. The Bertz CT molecular complexity index is 1090. The lowest BCUT2D eigenvalue weighted by atomic mass is 9.99. The molecule has 2 aliphatic heterocycles. The van der Waals surface area contributed by atoms with E-state index in [1.807, 2.05) is 4.90 Å². The molecule has 1 aromatic carbocycles. The Morgan fingerprint density at radius 2 is 1.83 bits per heavy atom. The number of ether oxygens (including phenoxy) is 2. The number of aliphatic carboxylic acids is 1. The number of carboxylic acids is 1. The van der Waals surface area contributed by atoms with E-state index in [9.17, 15) is 18.8 Å². The number of amides is 2. The van der Waals surface area contributed by atoms with Crippen LogP contribution in [0.3, 0.4) is 0 Å². The van der Waals surface area contributed by atoms with Crippen molar-refractivity contribution in [2.24, 2.45) is 0 Å². The molecule has 3 heterocycles. The SMILES string of the molecule is O=C(O)CCC(=O)Nc1cc(Cl)cnc1OCC(=O)N1C2CCC1CC(Oc1ccc(F)cc1)C2. The highest BCUT2D eigenvalue weighted by Crippen LogP contribution is 2.37. The van der Waals surface area contributed by atoms with Crippen molar-refractivity contribution in [3.63, 3.8) is 0 Å². The average Bonchev–Trinajstić information content (AvgIpc) is 3.09. The van der Waals surface area contributed by atoms with E-state index in [-0.39, 0.29) is 66.0 Å². The zero-order chi connectivity index (χ0) is 24.9. The second-order valence-electron chi connectivity index (χ2n) is 8.59. The van der Waals surface area contributed by atoms with Gasteiger partial charge in [0.25, 0.3) is 5.91 Å². The van der Waals surface area contributed by atoms with Crippen LogP contribution in [-0.4, -0.2) is 57.6 Å². The molecule has 2 N–H and O–H groups in total. The minimum Gasteiger partial charge on any atom is -0.490 e. The summed E-state index contributed by atoms with van der Waals surface area (Å²) in [6.45, 7) is -0.275. The molecule has 2 bridgehead atoms. The molecule has 0 spiro atoms. The summed E-state index contributed by atoms with van der Waals surface area (Å²) in [5.74, 6) is -1.52. The topological polar surface area (TPSA) is 118 Å². The van der Waals surface area contributed by atoms with E-state index in [0.29, 0.717) is 18.6 Å². The van der Waals surface area contributed by atoms with Crippen LogP contribution >= 0.6 is 11.6 Å². The average molecular weight is 506 g/mol. The molecule has 35 heavy (non-hydrogen) atoms. The molecule has 1 aromatic heterocycles. The Kier molecular flexibility index (Phi) is 7.70. The van der Waals surface area contributed by atoms with Gasteiger partial charge in [0, 0.05) is 37.5 Å². The molecule has 0 radical (unpaired) electrons. The first-order chi connectivity index (χ1) is 16.8. The van der Waals surface area contributed by atoms with Gasteiger partial charge in [-0.15, -0.1) is 0 Å². The van der Waals surface area contributed by atoms with Gasteiger partial charge in [0.1, 0.15) is 23.4 Å². The number of fused-ring (bicyclic) bond motifs is 2. The number of aromatic nitrogens is 1. The number of hydrogen-bond donors (Lipinski definition) is 2. The van der Waals surface area contributed by atoms with E-state index >= 15 is 0 Å². The lowest BCUT2D eigenvalue weighted by Crippen LogP contribution is -2.50. The van der Waals surface area contributed by atoms with Crippen molar-refractivity contribution in [3.05, 3.63) is 47.4 Å². The van der Waals surface area contributed by atoms with Gasteiger partial charge < -0.3 is 24.8 Å². The van der Waals surface area contributed by atoms with Crippen molar-refractivity contribution in [1.29, 1.82) is 0 Å². The van der Waals surface area contributed by atoms with E-state index in [2.05, 4.69) is 10.3 Å². The molecule has 0 saturated carbocycles. The monoisotopic (exact) mass is 505 g/mol. The number of halogens is 2. The number of benzene rings is 1. The molecule has 2 saturated heterocycles. The van der Waals surface area contributed by atoms with Gasteiger partial charge in [-0.2, -0.15) is 0 Å². The van der Waals surface area contributed by atoms with Gasteiger partial charge in [-0.25, -0.2) is 9.37 Å². The Balaban J connectivity index is 1.34. The highest BCUT2D eigenvalue weighted by Gasteiger charge is 2.44. The third-order valence-electron chi connectivity index (χ3n) is 6.08. The second kappa shape index (κ2) is 10.9. The van der Waals surface area contributed by atoms with E-state index in [4.69, 9.17) is 26.2 Å². The molecule has 2 aromatic rings. The number of pyridine rings is 1. The maximum absolute atomic E-state index is 13.1. The number of carbonyl (C=O) groups is 3. The van der Waals surface area contributed by atoms with Gasteiger partial charge >= 0.3 is 5.97 Å². The van der Waals surface area contributed by atoms with Crippen molar-refractivity contribution in [2.75, 3.05) is 11.9 Å². The molecule has 11 heteroatoms. The van der Waals surface area contributed by atoms with E-state index in [1.165, 1.54) is 24.4 Å². The van der Waals surface area contributed by atoms with Gasteiger partial charge in [0.2, 0.25) is 11.8 Å². The van der Waals surface area contributed by atoms with E-state index in [1.54, 1.807) is 12.1 Å². The maximum atomic E-state index is 13.1. The fraction of sp³-hybridized carbons (Fsp3) is 0.417. The summed E-state index contributed by atoms with van der Waals surface area (Å²) in [6.07, 6.45) is 3.79. The Hall–Kier alpha value is -3.40. The highest BCUT2D eigenvalue weighted by molar-refractivity contribution is 6.30. The molecule has 2 amide bonds. The summed E-state index contributed by atoms with van der Waals surface area (Å²) < 4.78 is 24.8. The number of rotatable bonds is 9. The fourth-order valence-corrected chi connectivity index (χ4v) is 4.76. The maximum Gasteiger partial charge on any atom is 0.303 e. The quantitative estimate of drug-likeness (QED) is 0.534. The lowest BCUT2D eigenvalue weighted by Gasteiger charge is -2.38. The number of piperidine rings is 1. The van der Waals surface area contributed by atoms with Crippen molar-refractivity contribution in [1.82, 2.24) is 9.88 Å². The molecule has 2 fully saturated rings. The molecule has 2 unspecified atom stereocenters. The van der Waals surface area contributed by atoms with Crippen molar-refractivity contribution < 1.29 is 33.4 Å². The largest absolute Gasteiger partial charge is 0.490 e. The first-order valence-electron chi connectivity index (χ1n) is 11.3. The first kappa shape index (κ1) is 24.7. The lowest BCUT2D eigenvalue weighted by molar-refractivity contribution is -0.139. The van der Waals surface area contributed by atoms with Gasteiger partial charge in [-0.1, -0.05) is 11.6 Å². The standard InChI is InChI=1S/C24H25ClFN3O6/c25-14-9-20(28-21(30)7-8-23(32)33)24(27-12-14)34-13-22(31)29-16-3-4-17(29)11-19(10-16)35-18-5-1-15(26)2-6-18/h1-2,5-6,9,12,16-17,19H,3-4,7-8,10-11,13H2,(H,28,30)(H,32,33). The first-order valence-corrected chi connectivity index (χ1v) is 11.7. The number of anilines is 1. The van der Waals surface area contributed by atoms with Crippen LogP contribution in [0.15, 0.2) is 36.5 Å². The van der Waals surface area contributed by atoms with Crippen LogP contribution in [0, 0.1) is 5.82 Å². The zero-order valence-corrected chi connectivity index (χ0v) is 19.5. The smallest absolute Gasteiger partial charge is 0.303 e. The van der Waals surface area contributed by atoms with Crippen LogP contribution < -0.4 is 14.8 Å². The molecular formula is C24H25ClFN3O6. The second-order valence-corrected chi connectivity index (χ2v) is 9.02. The normalized spacial score (nSPS) is 20.9. The van der Waals surface area contributed by atoms with Crippen LogP contribution in [0.4, 0.5) is 10.1 Å². The zero-order valence-electron chi connectivity index (χ0n) is 18.8. The van der Waals surface area contributed by atoms with Gasteiger partial charge in [0.05, 0.1) is 11.4 Å². The number of nitrogens with zero attached hydrogens (tertiary/aromatic N) is 2. The highest BCUT2D eigenvalue weighted by atomic mass is 35.5. The number of carboxylic acid groups (broad SMARTS) is 1. The molecule has 4 rings (SSSR count). The molecule has 2 atom stereocenters. The van der Waals surface area contributed by atoms with Crippen LogP contribution in [0.5, 0.6) is 11.6 Å². The van der Waals surface area contributed by atoms with Crippen LogP contribution in [-0.2, 0) is 14.4 Å². The summed E-state index contributed by atoms with van der Waals surface area (Å²) in [6, 6.07) is 7.36. The predicted octanol–water partition coefficient (Wildman–Crippen LogP) is 3.66. The van der Waals surface area contributed by atoms with Crippen LogP contribution in [0.2, 0.25) is 5.02 Å².